The van der Waals surface area contributed by atoms with Gasteiger partial charge in [-0.05, 0) is 17.5 Å². The molecule has 0 radical (unpaired) electrons. The number of hydrogen-bond acceptors (Lipinski definition) is 4. The summed E-state index contributed by atoms with van der Waals surface area (Å²) in [7, 11) is 1.89. The van der Waals surface area contributed by atoms with Crippen molar-refractivity contribution in [2.24, 2.45) is 4.99 Å². The molecule has 0 aliphatic carbocycles. The number of morpholine rings is 1. The lowest BCUT2D eigenvalue weighted by Crippen LogP contribution is -2.47. The summed E-state index contributed by atoms with van der Waals surface area (Å²) in [6, 6.07) is 8.91. The van der Waals surface area contributed by atoms with Crippen LogP contribution in [0.4, 0.5) is 0 Å². The van der Waals surface area contributed by atoms with Crippen LogP contribution < -0.4 is 5.32 Å². The maximum absolute atomic E-state index is 5.44. The summed E-state index contributed by atoms with van der Waals surface area (Å²) in [5.74, 6) is 2.22. The Labute approximate surface area is 185 Å². The summed E-state index contributed by atoms with van der Waals surface area (Å²) in [5, 5.41) is 4.29. The summed E-state index contributed by atoms with van der Waals surface area (Å²) < 4.78 is 5.44. The number of ether oxygens (including phenoxy) is 1. The zero-order chi connectivity index (χ0) is 18.2. The van der Waals surface area contributed by atoms with Gasteiger partial charge in [-0.2, -0.15) is 11.8 Å². The van der Waals surface area contributed by atoms with Crippen molar-refractivity contribution < 1.29 is 4.74 Å². The molecule has 5 nitrogen and oxygen atoms in total. The highest BCUT2D eigenvalue weighted by molar-refractivity contribution is 14.0. The second-order valence-electron chi connectivity index (χ2n) is 6.96. The molecule has 7 heteroatoms. The molecule has 1 N–H and O–H groups in total. The van der Waals surface area contributed by atoms with Gasteiger partial charge in [0.05, 0.1) is 13.2 Å². The monoisotopic (exact) mass is 504 g/mol. The molecule has 2 aliphatic rings. The second kappa shape index (κ2) is 12.1. The van der Waals surface area contributed by atoms with Crippen molar-refractivity contribution in [3.05, 3.63) is 35.4 Å². The number of rotatable bonds is 5. The Morgan fingerprint density at radius 2 is 2.04 bits per heavy atom. The third-order valence-electron chi connectivity index (χ3n) is 5.06. The molecule has 0 aromatic heterocycles. The van der Waals surface area contributed by atoms with Crippen LogP contribution in [0.5, 0.6) is 0 Å². The first-order valence-corrected chi connectivity index (χ1v) is 10.8. The lowest BCUT2D eigenvalue weighted by molar-refractivity contribution is 0.0342. The maximum Gasteiger partial charge on any atom is 0.193 e. The van der Waals surface area contributed by atoms with Gasteiger partial charge in [-0.3, -0.25) is 9.89 Å². The SMILES string of the molecule is CCC1CN(C(=NC)NCc2cccc(CN3CCOCC3)c2)CCS1.I. The van der Waals surface area contributed by atoms with E-state index in [9.17, 15) is 0 Å². The zero-order valence-electron chi connectivity index (χ0n) is 16.5. The van der Waals surface area contributed by atoms with Crippen LogP contribution in [-0.4, -0.2) is 73.2 Å². The first kappa shape index (κ1) is 22.8. The van der Waals surface area contributed by atoms with Crippen molar-refractivity contribution in [2.45, 2.75) is 31.7 Å². The average molecular weight is 504 g/mol. The lowest BCUT2D eigenvalue weighted by atomic mass is 10.1. The number of nitrogens with one attached hydrogen (secondary N) is 1. The Hall–Kier alpha value is -0.510. The van der Waals surface area contributed by atoms with Crippen molar-refractivity contribution >= 4 is 41.7 Å². The number of aliphatic imine (C=N–C) groups is 1. The topological polar surface area (TPSA) is 40.1 Å². The van der Waals surface area contributed by atoms with E-state index in [1.807, 2.05) is 7.05 Å². The van der Waals surface area contributed by atoms with E-state index in [2.05, 4.69) is 63.1 Å². The van der Waals surface area contributed by atoms with Crippen LogP contribution in [0.15, 0.2) is 29.3 Å². The standard InChI is InChI=1S/C20H32N4OS.HI/c1-3-19-16-24(9-12-26-19)20(21-2)22-14-17-5-4-6-18(13-17)15-23-7-10-25-11-8-23;/h4-6,13,19H,3,7-12,14-16H2,1-2H3,(H,21,22);1H. The van der Waals surface area contributed by atoms with Gasteiger partial charge in [0.1, 0.15) is 0 Å². The van der Waals surface area contributed by atoms with Gasteiger partial charge in [-0.1, -0.05) is 31.2 Å². The van der Waals surface area contributed by atoms with Crippen molar-refractivity contribution in [3.63, 3.8) is 0 Å². The maximum atomic E-state index is 5.44. The first-order chi connectivity index (χ1) is 12.8. The number of guanidine groups is 1. The molecule has 0 amide bonds. The van der Waals surface area contributed by atoms with E-state index < -0.39 is 0 Å². The van der Waals surface area contributed by atoms with E-state index in [0.717, 1.165) is 63.7 Å². The van der Waals surface area contributed by atoms with Crippen LogP contribution in [-0.2, 0) is 17.8 Å². The highest BCUT2D eigenvalue weighted by Gasteiger charge is 2.21. The minimum Gasteiger partial charge on any atom is -0.379 e. The van der Waals surface area contributed by atoms with Crippen molar-refractivity contribution in [1.29, 1.82) is 0 Å². The quantitative estimate of drug-likeness (QED) is 0.379. The molecular weight excluding hydrogens is 471 g/mol. The van der Waals surface area contributed by atoms with Gasteiger partial charge in [0, 0.05) is 57.3 Å². The molecule has 1 atom stereocenters. The van der Waals surface area contributed by atoms with Crippen molar-refractivity contribution in [3.8, 4) is 0 Å². The molecule has 0 bridgehead atoms. The molecule has 0 spiro atoms. The fraction of sp³-hybridized carbons (Fsp3) is 0.650. The molecule has 2 fully saturated rings. The Bertz CT molecular complexity index is 595. The smallest absolute Gasteiger partial charge is 0.193 e. The van der Waals surface area contributed by atoms with E-state index in [0.29, 0.717) is 0 Å². The Balaban J connectivity index is 0.00000261. The van der Waals surface area contributed by atoms with Crippen LogP contribution >= 0.6 is 35.7 Å². The van der Waals surface area contributed by atoms with Crippen molar-refractivity contribution in [2.75, 3.05) is 52.2 Å². The number of thioether (sulfide) groups is 1. The molecule has 27 heavy (non-hydrogen) atoms. The molecule has 0 saturated carbocycles. The predicted molar refractivity (Wildman–Crippen MR) is 126 cm³/mol. The van der Waals surface area contributed by atoms with Gasteiger partial charge in [0.2, 0.25) is 0 Å². The molecule has 3 rings (SSSR count). The Kier molecular flexibility index (Phi) is 10.2. The van der Waals surface area contributed by atoms with Gasteiger partial charge in [0.25, 0.3) is 0 Å². The number of halogens is 1. The average Bonchev–Trinajstić information content (AvgIpc) is 2.70. The van der Waals surface area contributed by atoms with Gasteiger partial charge in [-0.25, -0.2) is 0 Å². The third kappa shape index (κ3) is 7.11. The Morgan fingerprint density at radius 1 is 1.26 bits per heavy atom. The van der Waals surface area contributed by atoms with Crippen LogP contribution in [0.25, 0.3) is 0 Å². The van der Waals surface area contributed by atoms with E-state index >= 15 is 0 Å². The predicted octanol–water partition coefficient (Wildman–Crippen LogP) is 3.04. The molecule has 1 unspecified atom stereocenters. The summed E-state index contributed by atoms with van der Waals surface area (Å²) in [4.78, 5) is 9.38. The fourth-order valence-electron chi connectivity index (χ4n) is 3.53. The lowest BCUT2D eigenvalue weighted by Gasteiger charge is -2.34. The molecule has 2 saturated heterocycles. The molecule has 1 aromatic carbocycles. The largest absolute Gasteiger partial charge is 0.379 e. The van der Waals surface area contributed by atoms with Crippen LogP contribution in [0.2, 0.25) is 0 Å². The number of benzene rings is 1. The van der Waals surface area contributed by atoms with Gasteiger partial charge in [-0.15, -0.1) is 24.0 Å². The Morgan fingerprint density at radius 3 is 2.78 bits per heavy atom. The molecule has 152 valence electrons. The zero-order valence-corrected chi connectivity index (χ0v) is 19.7. The van der Waals surface area contributed by atoms with Crippen LogP contribution in [0, 0.1) is 0 Å². The van der Waals surface area contributed by atoms with E-state index in [1.165, 1.54) is 23.3 Å². The first-order valence-electron chi connectivity index (χ1n) is 9.73. The highest BCUT2D eigenvalue weighted by atomic mass is 127. The van der Waals surface area contributed by atoms with Gasteiger partial charge in [0.15, 0.2) is 5.96 Å². The fourth-order valence-corrected chi connectivity index (χ4v) is 4.71. The summed E-state index contributed by atoms with van der Waals surface area (Å²) >= 11 is 2.09. The highest BCUT2D eigenvalue weighted by Crippen LogP contribution is 2.21. The molecule has 1 aromatic rings. The normalized spacial score (nSPS) is 21.6. The van der Waals surface area contributed by atoms with Gasteiger partial charge >= 0.3 is 0 Å². The number of nitrogens with zero attached hydrogens (tertiary/aromatic N) is 3. The minimum absolute atomic E-state index is 0. The number of hydrogen-bond donors (Lipinski definition) is 1. The summed E-state index contributed by atoms with van der Waals surface area (Å²) in [5.41, 5.74) is 2.69. The van der Waals surface area contributed by atoms with Crippen molar-refractivity contribution in [1.82, 2.24) is 15.1 Å². The van der Waals surface area contributed by atoms with Crippen LogP contribution in [0.1, 0.15) is 24.5 Å². The second-order valence-corrected chi connectivity index (χ2v) is 8.36. The van der Waals surface area contributed by atoms with E-state index in [1.54, 1.807) is 0 Å². The molecule has 2 heterocycles. The summed E-state index contributed by atoms with van der Waals surface area (Å²) in [6.07, 6.45) is 1.22. The van der Waals surface area contributed by atoms with E-state index in [4.69, 9.17) is 4.74 Å². The van der Waals surface area contributed by atoms with Crippen LogP contribution in [0.3, 0.4) is 0 Å². The summed E-state index contributed by atoms with van der Waals surface area (Å²) in [6.45, 7) is 10.0. The van der Waals surface area contributed by atoms with E-state index in [-0.39, 0.29) is 24.0 Å². The minimum atomic E-state index is 0. The third-order valence-corrected chi connectivity index (χ3v) is 6.43. The molecule has 2 aliphatic heterocycles. The van der Waals surface area contributed by atoms with Gasteiger partial charge < -0.3 is 15.0 Å². The molecular formula is C20H33IN4OS.